The standard InChI is InChI=1S/C11H19N3O2/c1-8-7-13(2)5-6-14(8)11(16)9-3-4-10(15)12-9/h8-9H,3-7H2,1-2H3,(H,12,15)/t8-,9-/m1/s1. The van der Waals surface area contributed by atoms with E-state index in [0.29, 0.717) is 12.8 Å². The second-order valence-electron chi connectivity index (χ2n) is 4.80. The first-order valence-corrected chi connectivity index (χ1v) is 5.86. The zero-order chi connectivity index (χ0) is 11.7. The number of nitrogens with one attached hydrogen (secondary N) is 1. The number of nitrogens with zero attached hydrogens (tertiary/aromatic N) is 2. The van der Waals surface area contributed by atoms with E-state index in [0.717, 1.165) is 19.6 Å². The molecule has 90 valence electrons. The van der Waals surface area contributed by atoms with Crippen molar-refractivity contribution in [3.05, 3.63) is 0 Å². The van der Waals surface area contributed by atoms with Gasteiger partial charge < -0.3 is 15.1 Å². The van der Waals surface area contributed by atoms with Crippen LogP contribution >= 0.6 is 0 Å². The summed E-state index contributed by atoms with van der Waals surface area (Å²) in [7, 11) is 2.07. The van der Waals surface area contributed by atoms with E-state index in [1.165, 1.54) is 0 Å². The number of rotatable bonds is 1. The zero-order valence-corrected chi connectivity index (χ0v) is 9.90. The summed E-state index contributed by atoms with van der Waals surface area (Å²) >= 11 is 0. The van der Waals surface area contributed by atoms with Crippen LogP contribution in [0.3, 0.4) is 0 Å². The van der Waals surface area contributed by atoms with Crippen molar-refractivity contribution in [3.63, 3.8) is 0 Å². The van der Waals surface area contributed by atoms with Crippen LogP contribution in [0, 0.1) is 0 Å². The molecule has 5 nitrogen and oxygen atoms in total. The van der Waals surface area contributed by atoms with Crippen LogP contribution in [-0.2, 0) is 9.59 Å². The number of likely N-dealkylation sites (N-methyl/N-ethyl adjacent to an activating group) is 1. The van der Waals surface area contributed by atoms with Gasteiger partial charge in [-0.3, -0.25) is 9.59 Å². The predicted octanol–water partition coefficient (Wildman–Crippen LogP) is -0.572. The van der Waals surface area contributed by atoms with Crippen LogP contribution in [0.5, 0.6) is 0 Å². The summed E-state index contributed by atoms with van der Waals surface area (Å²) in [5.41, 5.74) is 0. The Balaban J connectivity index is 1.96. The predicted molar refractivity (Wildman–Crippen MR) is 59.8 cm³/mol. The number of piperazine rings is 1. The molecule has 5 heteroatoms. The SMILES string of the molecule is C[C@@H]1CN(C)CCN1C(=O)[C@H]1CCC(=O)N1. The fraction of sp³-hybridized carbons (Fsp3) is 0.818. The van der Waals surface area contributed by atoms with Crippen LogP contribution in [0.4, 0.5) is 0 Å². The first kappa shape index (κ1) is 11.4. The van der Waals surface area contributed by atoms with Gasteiger partial charge in [-0.2, -0.15) is 0 Å². The van der Waals surface area contributed by atoms with Crippen LogP contribution in [-0.4, -0.2) is 60.4 Å². The summed E-state index contributed by atoms with van der Waals surface area (Å²) < 4.78 is 0. The molecule has 0 unspecified atom stereocenters. The van der Waals surface area contributed by atoms with Crippen LogP contribution < -0.4 is 5.32 Å². The van der Waals surface area contributed by atoms with Crippen molar-refractivity contribution in [2.75, 3.05) is 26.7 Å². The zero-order valence-electron chi connectivity index (χ0n) is 9.90. The molecule has 0 bridgehead atoms. The lowest BCUT2D eigenvalue weighted by molar-refractivity contribution is -0.138. The van der Waals surface area contributed by atoms with E-state index in [1.54, 1.807) is 0 Å². The van der Waals surface area contributed by atoms with E-state index in [2.05, 4.69) is 24.2 Å². The topological polar surface area (TPSA) is 52.7 Å². The molecule has 2 heterocycles. The molecule has 1 N–H and O–H groups in total. The van der Waals surface area contributed by atoms with Crippen molar-refractivity contribution < 1.29 is 9.59 Å². The molecule has 0 spiro atoms. The summed E-state index contributed by atoms with van der Waals surface area (Å²) in [4.78, 5) is 27.4. The summed E-state index contributed by atoms with van der Waals surface area (Å²) in [5, 5.41) is 2.74. The Labute approximate surface area is 95.8 Å². The van der Waals surface area contributed by atoms with Gasteiger partial charge in [-0.1, -0.05) is 0 Å². The van der Waals surface area contributed by atoms with Gasteiger partial charge in [0.15, 0.2) is 0 Å². The number of amides is 2. The Bertz CT molecular complexity index is 306. The van der Waals surface area contributed by atoms with Gasteiger partial charge in [0.1, 0.15) is 6.04 Å². The molecule has 16 heavy (non-hydrogen) atoms. The summed E-state index contributed by atoms with van der Waals surface area (Å²) in [6, 6.07) is -0.0397. The smallest absolute Gasteiger partial charge is 0.245 e. The highest BCUT2D eigenvalue weighted by Crippen LogP contribution is 2.14. The van der Waals surface area contributed by atoms with Gasteiger partial charge in [-0.25, -0.2) is 0 Å². The average Bonchev–Trinajstić information content (AvgIpc) is 2.64. The largest absolute Gasteiger partial charge is 0.344 e. The Hall–Kier alpha value is -1.10. The van der Waals surface area contributed by atoms with Crippen LogP contribution in [0.25, 0.3) is 0 Å². The van der Waals surface area contributed by atoms with Gasteiger partial charge in [0.05, 0.1) is 0 Å². The third-order valence-electron chi connectivity index (χ3n) is 3.41. The minimum atomic E-state index is -0.279. The Morgan fingerprint density at radius 1 is 1.44 bits per heavy atom. The minimum Gasteiger partial charge on any atom is -0.344 e. The first-order chi connectivity index (χ1) is 7.58. The Morgan fingerprint density at radius 2 is 2.19 bits per heavy atom. The normalized spacial score (nSPS) is 31.6. The monoisotopic (exact) mass is 225 g/mol. The average molecular weight is 225 g/mol. The molecule has 0 aromatic heterocycles. The maximum Gasteiger partial charge on any atom is 0.245 e. The summed E-state index contributed by atoms with van der Waals surface area (Å²) in [5.74, 6) is 0.0894. The lowest BCUT2D eigenvalue weighted by Crippen LogP contribution is -2.56. The van der Waals surface area contributed by atoms with Gasteiger partial charge in [0.2, 0.25) is 11.8 Å². The molecular formula is C11H19N3O2. The summed E-state index contributed by atoms with van der Waals surface area (Å²) in [6.45, 7) is 4.65. The van der Waals surface area contributed by atoms with E-state index < -0.39 is 0 Å². The molecule has 0 saturated carbocycles. The molecule has 2 aliphatic rings. The summed E-state index contributed by atoms with van der Waals surface area (Å²) in [6.07, 6.45) is 1.13. The van der Waals surface area contributed by atoms with Crippen molar-refractivity contribution in [1.82, 2.24) is 15.1 Å². The first-order valence-electron chi connectivity index (χ1n) is 5.86. The minimum absolute atomic E-state index is 0.000121. The van der Waals surface area contributed by atoms with E-state index in [4.69, 9.17) is 0 Å². The molecule has 2 aliphatic heterocycles. The molecule has 0 aromatic rings. The second-order valence-corrected chi connectivity index (χ2v) is 4.80. The molecule has 0 radical (unpaired) electrons. The van der Waals surface area contributed by atoms with Crippen molar-refractivity contribution in [1.29, 1.82) is 0 Å². The Kier molecular flexibility index (Phi) is 3.14. The van der Waals surface area contributed by atoms with Crippen molar-refractivity contribution in [2.24, 2.45) is 0 Å². The van der Waals surface area contributed by atoms with Crippen LogP contribution in [0.15, 0.2) is 0 Å². The maximum absolute atomic E-state index is 12.2. The number of carbonyl (C=O) groups is 2. The lowest BCUT2D eigenvalue weighted by atomic mass is 10.1. The van der Waals surface area contributed by atoms with E-state index in [-0.39, 0.29) is 23.9 Å². The number of hydrogen-bond acceptors (Lipinski definition) is 3. The number of carbonyl (C=O) groups excluding carboxylic acids is 2. The lowest BCUT2D eigenvalue weighted by Gasteiger charge is -2.39. The van der Waals surface area contributed by atoms with Crippen molar-refractivity contribution in [3.8, 4) is 0 Å². The molecule has 2 saturated heterocycles. The third-order valence-corrected chi connectivity index (χ3v) is 3.41. The van der Waals surface area contributed by atoms with Crippen LogP contribution in [0.1, 0.15) is 19.8 Å². The van der Waals surface area contributed by atoms with E-state index in [1.807, 2.05) is 4.90 Å². The fourth-order valence-electron chi connectivity index (χ4n) is 2.47. The van der Waals surface area contributed by atoms with Gasteiger partial charge >= 0.3 is 0 Å². The highest BCUT2D eigenvalue weighted by atomic mass is 16.2. The fourth-order valence-corrected chi connectivity index (χ4v) is 2.47. The second kappa shape index (κ2) is 4.41. The quantitative estimate of drug-likeness (QED) is 0.650. The van der Waals surface area contributed by atoms with Gasteiger partial charge in [-0.05, 0) is 20.4 Å². The molecule has 2 fully saturated rings. The molecule has 2 atom stereocenters. The number of hydrogen-bond donors (Lipinski definition) is 1. The van der Waals surface area contributed by atoms with E-state index in [9.17, 15) is 9.59 Å². The molecule has 2 rings (SSSR count). The van der Waals surface area contributed by atoms with Gasteiger partial charge in [-0.15, -0.1) is 0 Å². The third kappa shape index (κ3) is 2.19. The van der Waals surface area contributed by atoms with E-state index >= 15 is 0 Å². The molecular weight excluding hydrogens is 206 g/mol. The van der Waals surface area contributed by atoms with Crippen molar-refractivity contribution >= 4 is 11.8 Å². The molecule has 0 aromatic carbocycles. The maximum atomic E-state index is 12.2. The van der Waals surface area contributed by atoms with Gasteiger partial charge in [0, 0.05) is 32.1 Å². The van der Waals surface area contributed by atoms with Crippen molar-refractivity contribution in [2.45, 2.75) is 31.8 Å². The molecule has 2 amide bonds. The Morgan fingerprint density at radius 3 is 2.75 bits per heavy atom. The highest BCUT2D eigenvalue weighted by Gasteiger charge is 2.34. The molecule has 0 aliphatic carbocycles. The van der Waals surface area contributed by atoms with Crippen LogP contribution in [0.2, 0.25) is 0 Å². The van der Waals surface area contributed by atoms with Gasteiger partial charge in [0.25, 0.3) is 0 Å². The highest BCUT2D eigenvalue weighted by molar-refractivity contribution is 5.91.